The van der Waals surface area contributed by atoms with E-state index in [2.05, 4.69) is 25.6 Å². The molecule has 2 aromatic rings. The lowest BCUT2D eigenvalue weighted by Gasteiger charge is -2.40. The van der Waals surface area contributed by atoms with Gasteiger partial charge in [0.2, 0.25) is 5.91 Å². The van der Waals surface area contributed by atoms with Gasteiger partial charge in [-0.15, -0.1) is 0 Å². The quantitative estimate of drug-likeness (QED) is 0.825. The summed E-state index contributed by atoms with van der Waals surface area (Å²) in [5.74, 6) is -0.0199. The van der Waals surface area contributed by atoms with E-state index in [-0.39, 0.29) is 17.9 Å². The first-order chi connectivity index (χ1) is 13.5. The summed E-state index contributed by atoms with van der Waals surface area (Å²) in [7, 11) is 0. The van der Waals surface area contributed by atoms with Gasteiger partial charge in [0.25, 0.3) is 5.91 Å². The van der Waals surface area contributed by atoms with Gasteiger partial charge in [-0.25, -0.2) is 9.50 Å². The van der Waals surface area contributed by atoms with Gasteiger partial charge in [-0.2, -0.15) is 5.10 Å². The number of aromatic nitrogens is 3. The minimum atomic E-state index is -0.463. The van der Waals surface area contributed by atoms with E-state index in [1.807, 2.05) is 13.1 Å². The van der Waals surface area contributed by atoms with Crippen molar-refractivity contribution in [2.45, 2.75) is 63.1 Å². The van der Waals surface area contributed by atoms with E-state index < -0.39 is 5.54 Å². The fourth-order valence-corrected chi connectivity index (χ4v) is 4.71. The molecule has 2 amide bonds. The summed E-state index contributed by atoms with van der Waals surface area (Å²) in [6, 6.07) is 0.309. The van der Waals surface area contributed by atoms with Gasteiger partial charge >= 0.3 is 0 Å². The molecule has 0 unspecified atom stereocenters. The molecule has 3 fully saturated rings. The Labute approximate surface area is 163 Å². The van der Waals surface area contributed by atoms with Gasteiger partial charge in [0.15, 0.2) is 5.65 Å². The van der Waals surface area contributed by atoms with Crippen molar-refractivity contribution in [1.29, 1.82) is 0 Å². The third-order valence-corrected chi connectivity index (χ3v) is 6.30. The monoisotopic (exact) mass is 382 g/mol. The zero-order valence-electron chi connectivity index (χ0n) is 16.1. The van der Waals surface area contributed by atoms with Gasteiger partial charge in [0.1, 0.15) is 11.1 Å². The molecular formula is C20H26N6O2. The summed E-state index contributed by atoms with van der Waals surface area (Å²) in [6.07, 6.45) is 11.0. The van der Waals surface area contributed by atoms with Crippen LogP contribution in [0.25, 0.3) is 5.65 Å². The standard InChI is InChI=1S/C20H26N6O2/c1-13-9-21-17-16(10-22-26(17)11-13)18(27)23-15-8-20(19(28)24-14-4-5-14)6-2-3-7-25(20)12-15/h9-11,14-15H,2-8,12H2,1H3,(H,23,27)(H,24,28)/t15-,20-/m0/s1. The van der Waals surface area contributed by atoms with Crippen LogP contribution < -0.4 is 10.6 Å². The molecule has 5 rings (SSSR count). The first-order valence-electron chi connectivity index (χ1n) is 10.2. The van der Waals surface area contributed by atoms with Crippen LogP contribution in [0.2, 0.25) is 0 Å². The van der Waals surface area contributed by atoms with Gasteiger partial charge in [-0.3, -0.25) is 14.5 Å². The third kappa shape index (κ3) is 2.96. The summed E-state index contributed by atoms with van der Waals surface area (Å²) in [5, 5.41) is 10.6. The highest BCUT2D eigenvalue weighted by atomic mass is 16.2. The lowest BCUT2D eigenvalue weighted by Crippen LogP contribution is -2.57. The smallest absolute Gasteiger partial charge is 0.257 e. The predicted molar refractivity (Wildman–Crippen MR) is 103 cm³/mol. The fourth-order valence-electron chi connectivity index (χ4n) is 4.71. The first-order valence-corrected chi connectivity index (χ1v) is 10.2. The van der Waals surface area contributed by atoms with Gasteiger partial charge in [0.05, 0.1) is 6.20 Å². The Morgan fingerprint density at radius 2 is 2.04 bits per heavy atom. The number of nitrogens with one attached hydrogen (secondary N) is 2. The Hall–Kier alpha value is -2.48. The maximum absolute atomic E-state index is 13.0. The van der Waals surface area contributed by atoms with E-state index in [1.165, 1.54) is 0 Å². The second kappa shape index (κ2) is 6.55. The highest BCUT2D eigenvalue weighted by molar-refractivity contribution is 6.00. The normalized spacial score (nSPS) is 27.5. The van der Waals surface area contributed by atoms with Gasteiger partial charge in [-0.05, 0) is 57.6 Å². The molecule has 2 saturated heterocycles. The molecule has 2 aromatic heterocycles. The molecule has 2 N–H and O–H groups in total. The Bertz CT molecular complexity index is 936. The average molecular weight is 382 g/mol. The second-order valence-corrected chi connectivity index (χ2v) is 8.51. The van der Waals surface area contributed by atoms with Crippen LogP contribution in [-0.2, 0) is 4.79 Å². The number of amides is 2. The number of fused-ring (bicyclic) bond motifs is 2. The van der Waals surface area contributed by atoms with Crippen molar-refractivity contribution in [3.8, 4) is 0 Å². The Kier molecular flexibility index (Phi) is 4.12. The number of nitrogens with zero attached hydrogens (tertiary/aromatic N) is 4. The summed E-state index contributed by atoms with van der Waals surface area (Å²) in [4.78, 5) is 32.6. The van der Waals surface area contributed by atoms with E-state index >= 15 is 0 Å². The van der Waals surface area contributed by atoms with Crippen molar-refractivity contribution in [3.63, 3.8) is 0 Å². The van der Waals surface area contributed by atoms with Crippen molar-refractivity contribution in [2.75, 3.05) is 13.1 Å². The van der Waals surface area contributed by atoms with Crippen molar-refractivity contribution in [3.05, 3.63) is 29.7 Å². The first kappa shape index (κ1) is 17.6. The zero-order chi connectivity index (χ0) is 19.3. The second-order valence-electron chi connectivity index (χ2n) is 8.51. The van der Waals surface area contributed by atoms with E-state index in [1.54, 1.807) is 16.9 Å². The van der Waals surface area contributed by atoms with Crippen LogP contribution in [0, 0.1) is 6.92 Å². The molecule has 8 nitrogen and oxygen atoms in total. The summed E-state index contributed by atoms with van der Waals surface area (Å²) in [5.41, 5.74) is 1.55. The zero-order valence-corrected chi connectivity index (χ0v) is 16.1. The van der Waals surface area contributed by atoms with E-state index in [9.17, 15) is 9.59 Å². The molecule has 2 atom stereocenters. The van der Waals surface area contributed by atoms with Crippen LogP contribution in [0.5, 0.6) is 0 Å². The molecule has 1 aliphatic carbocycles. The van der Waals surface area contributed by atoms with Crippen LogP contribution >= 0.6 is 0 Å². The Balaban J connectivity index is 1.34. The van der Waals surface area contributed by atoms with E-state index in [0.717, 1.165) is 50.8 Å². The molecule has 3 aliphatic rings. The van der Waals surface area contributed by atoms with Crippen molar-refractivity contribution in [1.82, 2.24) is 30.1 Å². The molecule has 1 saturated carbocycles. The number of piperidine rings is 1. The Morgan fingerprint density at radius 3 is 2.86 bits per heavy atom. The number of aryl methyl sites for hydroxylation is 1. The van der Waals surface area contributed by atoms with Crippen molar-refractivity contribution in [2.24, 2.45) is 0 Å². The number of hydrogen-bond acceptors (Lipinski definition) is 5. The van der Waals surface area contributed by atoms with Crippen LogP contribution in [-0.4, -0.2) is 62.0 Å². The number of rotatable bonds is 4. The van der Waals surface area contributed by atoms with Crippen molar-refractivity contribution >= 4 is 17.5 Å². The summed E-state index contributed by atoms with van der Waals surface area (Å²) < 4.78 is 1.63. The number of carbonyl (C=O) groups excluding carboxylic acids is 2. The topological polar surface area (TPSA) is 91.6 Å². The summed E-state index contributed by atoms with van der Waals surface area (Å²) in [6.45, 7) is 3.58. The number of carbonyl (C=O) groups is 2. The Morgan fingerprint density at radius 1 is 1.18 bits per heavy atom. The lowest BCUT2D eigenvalue weighted by atomic mass is 9.84. The highest BCUT2D eigenvalue weighted by Gasteiger charge is 2.52. The maximum Gasteiger partial charge on any atom is 0.257 e. The SMILES string of the molecule is Cc1cnc2c(C(=O)N[C@@H]3CN4CCCC[C@@]4(C(=O)NC4CC4)C3)cnn2c1. The molecule has 0 spiro atoms. The predicted octanol–water partition coefficient (Wildman–Crippen LogP) is 1.04. The molecule has 2 aliphatic heterocycles. The van der Waals surface area contributed by atoms with Crippen molar-refractivity contribution < 1.29 is 9.59 Å². The molecular weight excluding hydrogens is 356 g/mol. The largest absolute Gasteiger partial charge is 0.352 e. The van der Waals surface area contributed by atoms with Gasteiger partial charge < -0.3 is 10.6 Å². The van der Waals surface area contributed by atoms with E-state index in [0.29, 0.717) is 23.7 Å². The number of hydrogen-bond donors (Lipinski definition) is 2. The average Bonchev–Trinajstić information content (AvgIpc) is 3.26. The minimum Gasteiger partial charge on any atom is -0.352 e. The summed E-state index contributed by atoms with van der Waals surface area (Å²) >= 11 is 0. The van der Waals surface area contributed by atoms with Crippen LogP contribution in [0.3, 0.4) is 0 Å². The van der Waals surface area contributed by atoms with Crippen LogP contribution in [0.4, 0.5) is 0 Å². The van der Waals surface area contributed by atoms with Gasteiger partial charge in [0, 0.05) is 31.0 Å². The molecule has 28 heavy (non-hydrogen) atoms. The third-order valence-electron chi connectivity index (χ3n) is 6.30. The molecule has 0 aromatic carbocycles. The highest BCUT2D eigenvalue weighted by Crippen LogP contribution is 2.39. The van der Waals surface area contributed by atoms with E-state index in [4.69, 9.17) is 0 Å². The minimum absolute atomic E-state index is 0.0454. The van der Waals surface area contributed by atoms with Gasteiger partial charge in [-0.1, -0.05) is 0 Å². The molecule has 0 radical (unpaired) electrons. The molecule has 4 heterocycles. The van der Waals surface area contributed by atoms with Crippen LogP contribution in [0.15, 0.2) is 18.6 Å². The fraction of sp³-hybridized carbons (Fsp3) is 0.600. The molecule has 148 valence electrons. The molecule has 8 heteroatoms. The molecule has 0 bridgehead atoms. The van der Waals surface area contributed by atoms with Crippen LogP contribution in [0.1, 0.15) is 54.4 Å². The lowest BCUT2D eigenvalue weighted by molar-refractivity contribution is -0.134. The maximum atomic E-state index is 13.0.